The SMILES string of the molecule is CCOC(=O)C[C@H](N)c1ccc(Oc2ccccc2OC)cc1. The fourth-order valence-corrected chi connectivity index (χ4v) is 2.13. The first kappa shape index (κ1) is 16.8. The molecule has 0 saturated heterocycles. The highest BCUT2D eigenvalue weighted by molar-refractivity contribution is 5.70. The van der Waals surface area contributed by atoms with Crippen molar-refractivity contribution in [1.29, 1.82) is 0 Å². The van der Waals surface area contributed by atoms with Gasteiger partial charge in [0.2, 0.25) is 0 Å². The second-order valence-corrected chi connectivity index (χ2v) is 4.94. The number of carbonyl (C=O) groups is 1. The van der Waals surface area contributed by atoms with Crippen LogP contribution < -0.4 is 15.2 Å². The van der Waals surface area contributed by atoms with Gasteiger partial charge in [-0.1, -0.05) is 24.3 Å². The van der Waals surface area contributed by atoms with Gasteiger partial charge in [-0.2, -0.15) is 0 Å². The Morgan fingerprint density at radius 2 is 1.74 bits per heavy atom. The summed E-state index contributed by atoms with van der Waals surface area (Å²) in [6.07, 6.45) is 0.153. The topological polar surface area (TPSA) is 70.8 Å². The number of methoxy groups -OCH3 is 1. The van der Waals surface area contributed by atoms with Crippen molar-refractivity contribution >= 4 is 5.97 Å². The summed E-state index contributed by atoms with van der Waals surface area (Å²) in [5.74, 6) is 1.67. The molecule has 0 bridgehead atoms. The maximum Gasteiger partial charge on any atom is 0.307 e. The van der Waals surface area contributed by atoms with Crippen molar-refractivity contribution in [1.82, 2.24) is 0 Å². The first-order chi connectivity index (χ1) is 11.1. The van der Waals surface area contributed by atoms with Crippen LogP contribution in [-0.2, 0) is 9.53 Å². The molecule has 0 aliphatic heterocycles. The van der Waals surface area contributed by atoms with Gasteiger partial charge in [0.1, 0.15) is 5.75 Å². The zero-order chi connectivity index (χ0) is 16.7. The van der Waals surface area contributed by atoms with Crippen LogP contribution in [0.15, 0.2) is 48.5 Å². The number of carbonyl (C=O) groups excluding carboxylic acids is 1. The number of ether oxygens (including phenoxy) is 3. The maximum absolute atomic E-state index is 11.5. The van der Waals surface area contributed by atoms with Gasteiger partial charge in [-0.25, -0.2) is 0 Å². The van der Waals surface area contributed by atoms with Crippen molar-refractivity contribution < 1.29 is 19.0 Å². The van der Waals surface area contributed by atoms with Gasteiger partial charge in [-0.15, -0.1) is 0 Å². The number of hydrogen-bond donors (Lipinski definition) is 1. The summed E-state index contributed by atoms with van der Waals surface area (Å²) in [4.78, 5) is 11.5. The molecule has 1 atom stereocenters. The van der Waals surface area contributed by atoms with Crippen LogP contribution in [-0.4, -0.2) is 19.7 Å². The molecule has 23 heavy (non-hydrogen) atoms. The number of esters is 1. The van der Waals surface area contributed by atoms with E-state index in [-0.39, 0.29) is 12.4 Å². The Morgan fingerprint density at radius 3 is 2.35 bits per heavy atom. The Bertz CT molecular complexity index is 640. The van der Waals surface area contributed by atoms with Crippen molar-refractivity contribution in [3.05, 3.63) is 54.1 Å². The van der Waals surface area contributed by atoms with Gasteiger partial charge in [0, 0.05) is 6.04 Å². The molecule has 2 aromatic rings. The van der Waals surface area contributed by atoms with Gasteiger partial charge in [0.25, 0.3) is 0 Å². The monoisotopic (exact) mass is 315 g/mol. The van der Waals surface area contributed by atoms with Gasteiger partial charge in [-0.3, -0.25) is 4.79 Å². The first-order valence-corrected chi connectivity index (χ1v) is 7.46. The molecular formula is C18H21NO4. The molecule has 0 saturated carbocycles. The minimum absolute atomic E-state index is 0.153. The molecule has 0 spiro atoms. The second kappa shape index (κ2) is 8.19. The zero-order valence-electron chi connectivity index (χ0n) is 13.3. The molecule has 2 aromatic carbocycles. The average Bonchev–Trinajstić information content (AvgIpc) is 2.56. The lowest BCUT2D eigenvalue weighted by atomic mass is 10.0. The van der Waals surface area contributed by atoms with Crippen LogP contribution in [0.2, 0.25) is 0 Å². The Labute approximate surface area is 136 Å². The Kier molecular flexibility index (Phi) is 6.00. The fraction of sp³-hybridized carbons (Fsp3) is 0.278. The van der Waals surface area contributed by atoms with E-state index in [1.165, 1.54) is 0 Å². The fourth-order valence-electron chi connectivity index (χ4n) is 2.13. The van der Waals surface area contributed by atoms with Gasteiger partial charge < -0.3 is 19.9 Å². The smallest absolute Gasteiger partial charge is 0.307 e. The maximum atomic E-state index is 11.5. The van der Waals surface area contributed by atoms with E-state index < -0.39 is 6.04 Å². The third-order valence-corrected chi connectivity index (χ3v) is 3.30. The quantitative estimate of drug-likeness (QED) is 0.793. The number of benzene rings is 2. The van der Waals surface area contributed by atoms with E-state index in [1.807, 2.05) is 48.5 Å². The number of para-hydroxylation sites is 2. The molecule has 5 nitrogen and oxygen atoms in total. The molecule has 122 valence electrons. The van der Waals surface area contributed by atoms with E-state index >= 15 is 0 Å². The van der Waals surface area contributed by atoms with E-state index in [2.05, 4.69) is 0 Å². The molecule has 0 aromatic heterocycles. The van der Waals surface area contributed by atoms with E-state index in [9.17, 15) is 4.79 Å². The third kappa shape index (κ3) is 4.72. The number of nitrogens with two attached hydrogens (primary N) is 1. The molecule has 0 fully saturated rings. The molecule has 0 radical (unpaired) electrons. The van der Waals surface area contributed by atoms with E-state index in [1.54, 1.807) is 14.0 Å². The molecule has 5 heteroatoms. The summed E-state index contributed by atoms with van der Waals surface area (Å²) in [6, 6.07) is 14.3. The first-order valence-electron chi connectivity index (χ1n) is 7.46. The molecule has 0 amide bonds. The van der Waals surface area contributed by atoms with Crippen LogP contribution in [0.1, 0.15) is 24.9 Å². The Hall–Kier alpha value is -2.53. The van der Waals surface area contributed by atoms with Crippen molar-refractivity contribution in [3.63, 3.8) is 0 Å². The lowest BCUT2D eigenvalue weighted by Gasteiger charge is -2.13. The lowest BCUT2D eigenvalue weighted by Crippen LogP contribution is -2.17. The summed E-state index contributed by atoms with van der Waals surface area (Å²) in [5.41, 5.74) is 6.87. The highest BCUT2D eigenvalue weighted by Crippen LogP contribution is 2.31. The van der Waals surface area contributed by atoms with Crippen LogP contribution in [0.3, 0.4) is 0 Å². The summed E-state index contributed by atoms with van der Waals surface area (Å²) >= 11 is 0. The molecule has 2 rings (SSSR count). The minimum Gasteiger partial charge on any atom is -0.493 e. The molecule has 2 N–H and O–H groups in total. The second-order valence-electron chi connectivity index (χ2n) is 4.94. The highest BCUT2D eigenvalue weighted by atomic mass is 16.5. The predicted molar refractivity (Wildman–Crippen MR) is 87.7 cm³/mol. The van der Waals surface area contributed by atoms with Crippen LogP contribution in [0.4, 0.5) is 0 Å². The number of rotatable bonds is 7. The zero-order valence-corrected chi connectivity index (χ0v) is 13.3. The van der Waals surface area contributed by atoms with Gasteiger partial charge in [0.15, 0.2) is 11.5 Å². The molecular weight excluding hydrogens is 294 g/mol. The standard InChI is InChI=1S/C18H21NO4/c1-3-22-18(20)12-15(19)13-8-10-14(11-9-13)23-17-7-5-4-6-16(17)21-2/h4-11,15H,3,12,19H2,1-2H3/t15-/m0/s1. The van der Waals surface area contributed by atoms with Crippen LogP contribution in [0.25, 0.3) is 0 Å². The summed E-state index contributed by atoms with van der Waals surface area (Å²) in [7, 11) is 1.60. The van der Waals surface area contributed by atoms with Crippen molar-refractivity contribution in [2.45, 2.75) is 19.4 Å². The molecule has 0 unspecified atom stereocenters. The lowest BCUT2D eigenvalue weighted by molar-refractivity contribution is -0.143. The average molecular weight is 315 g/mol. The predicted octanol–water partition coefficient (Wildman–Crippen LogP) is 3.44. The van der Waals surface area contributed by atoms with E-state index in [4.69, 9.17) is 19.9 Å². The highest BCUT2D eigenvalue weighted by Gasteiger charge is 2.13. The van der Waals surface area contributed by atoms with Crippen LogP contribution in [0, 0.1) is 0 Å². The minimum atomic E-state index is -0.394. The van der Waals surface area contributed by atoms with E-state index in [0.29, 0.717) is 23.9 Å². The Balaban J connectivity index is 2.03. The van der Waals surface area contributed by atoms with Crippen molar-refractivity contribution in [3.8, 4) is 17.2 Å². The normalized spacial score (nSPS) is 11.6. The van der Waals surface area contributed by atoms with Crippen molar-refractivity contribution in [2.24, 2.45) is 5.73 Å². The largest absolute Gasteiger partial charge is 0.493 e. The summed E-state index contributed by atoms with van der Waals surface area (Å²) in [5, 5.41) is 0. The number of hydrogen-bond acceptors (Lipinski definition) is 5. The third-order valence-electron chi connectivity index (χ3n) is 3.30. The van der Waals surface area contributed by atoms with Crippen LogP contribution >= 0.6 is 0 Å². The molecule has 0 heterocycles. The molecule has 0 aliphatic rings. The van der Waals surface area contributed by atoms with Crippen molar-refractivity contribution in [2.75, 3.05) is 13.7 Å². The Morgan fingerprint density at radius 1 is 1.09 bits per heavy atom. The van der Waals surface area contributed by atoms with Gasteiger partial charge in [-0.05, 0) is 36.8 Å². The summed E-state index contributed by atoms with van der Waals surface area (Å²) < 4.78 is 16.0. The summed E-state index contributed by atoms with van der Waals surface area (Å²) in [6.45, 7) is 2.13. The molecule has 0 aliphatic carbocycles. The van der Waals surface area contributed by atoms with Gasteiger partial charge in [0.05, 0.1) is 20.1 Å². The van der Waals surface area contributed by atoms with E-state index in [0.717, 1.165) is 5.56 Å². The van der Waals surface area contributed by atoms with Crippen LogP contribution in [0.5, 0.6) is 17.2 Å². The van der Waals surface area contributed by atoms with Gasteiger partial charge >= 0.3 is 5.97 Å².